The van der Waals surface area contributed by atoms with Gasteiger partial charge in [-0.2, -0.15) is 4.98 Å². The highest BCUT2D eigenvalue weighted by molar-refractivity contribution is 7.99. The number of amides is 1. The number of fused-ring (bicyclic) bond motifs is 1. The molecule has 0 bridgehead atoms. The molecule has 0 spiro atoms. The molecular weight excluding hydrogens is 563 g/mol. The summed E-state index contributed by atoms with van der Waals surface area (Å²) < 4.78 is 8.17. The van der Waals surface area contributed by atoms with Gasteiger partial charge in [-0.05, 0) is 31.9 Å². The number of aryl methyl sites for hydroxylation is 3. The highest BCUT2D eigenvalue weighted by Crippen LogP contribution is 2.21. The zero-order chi connectivity index (χ0) is 23.4. The third-order valence-corrected chi connectivity index (χ3v) is 7.23. The van der Waals surface area contributed by atoms with Crippen molar-refractivity contribution in [1.82, 2.24) is 24.9 Å². The first kappa shape index (κ1) is 26.8. The van der Waals surface area contributed by atoms with Gasteiger partial charge in [-0.3, -0.25) is 4.79 Å². The summed E-state index contributed by atoms with van der Waals surface area (Å²) >= 11 is 1.35. The van der Waals surface area contributed by atoms with Crippen molar-refractivity contribution < 1.29 is 38.0 Å². The Kier molecular flexibility index (Phi) is 9.30. The highest BCUT2D eigenvalue weighted by atomic mass is 127. The van der Waals surface area contributed by atoms with E-state index < -0.39 is 0 Å². The number of hydrogen-bond acceptors (Lipinski definition) is 6. The molecule has 34 heavy (non-hydrogen) atoms. The van der Waals surface area contributed by atoms with E-state index in [1.54, 1.807) is 4.52 Å². The lowest BCUT2D eigenvalue weighted by Crippen LogP contribution is -3.00. The van der Waals surface area contributed by atoms with Crippen molar-refractivity contribution >= 4 is 23.4 Å². The number of carbonyl (C=O) groups is 1. The number of rotatable bonds is 8. The van der Waals surface area contributed by atoms with E-state index in [1.165, 1.54) is 22.9 Å². The molecule has 8 nitrogen and oxygen atoms in total. The molecule has 1 saturated heterocycles. The zero-order valence-corrected chi connectivity index (χ0v) is 23.3. The molecule has 1 aromatic carbocycles. The van der Waals surface area contributed by atoms with Crippen LogP contribution in [0.1, 0.15) is 28.1 Å². The van der Waals surface area contributed by atoms with E-state index in [9.17, 15) is 4.79 Å². The Morgan fingerprint density at radius 1 is 1.15 bits per heavy atom. The summed E-state index contributed by atoms with van der Waals surface area (Å²) in [7, 11) is 2.22. The van der Waals surface area contributed by atoms with Gasteiger partial charge in [0.05, 0.1) is 39.1 Å². The molecule has 0 saturated carbocycles. The van der Waals surface area contributed by atoms with Gasteiger partial charge in [-0.25, -0.2) is 9.50 Å². The summed E-state index contributed by atoms with van der Waals surface area (Å²) in [5.41, 5.74) is 5.64. The number of nitrogens with zero attached hydrogens (tertiary/aromatic N) is 5. The SMILES string of the molecule is Cc1ccc(Cc2c(C)nc3nc(SCC(=O)NCC[N+]4(C)CCOCC4)nn3c2C)cc1.[I-]. The Labute approximate surface area is 222 Å². The number of nitrogens with one attached hydrogen (secondary N) is 1. The van der Waals surface area contributed by atoms with E-state index in [1.807, 2.05) is 6.92 Å². The number of benzene rings is 1. The first-order valence-electron chi connectivity index (χ1n) is 11.4. The molecule has 4 rings (SSSR count). The molecule has 1 N–H and O–H groups in total. The normalized spacial score (nSPS) is 15.2. The topological polar surface area (TPSA) is 81.4 Å². The summed E-state index contributed by atoms with van der Waals surface area (Å²) in [6.07, 6.45) is 0.801. The van der Waals surface area contributed by atoms with Crippen molar-refractivity contribution in [2.45, 2.75) is 32.3 Å². The lowest BCUT2D eigenvalue weighted by molar-refractivity contribution is -0.915. The van der Waals surface area contributed by atoms with Crippen LogP contribution in [0.15, 0.2) is 29.4 Å². The second-order valence-corrected chi connectivity index (χ2v) is 10.0. The Morgan fingerprint density at radius 3 is 2.56 bits per heavy atom. The predicted molar refractivity (Wildman–Crippen MR) is 130 cm³/mol. The van der Waals surface area contributed by atoms with E-state index in [2.05, 4.69) is 65.5 Å². The molecule has 1 fully saturated rings. The minimum atomic E-state index is -0.000336. The molecule has 3 aromatic rings. The van der Waals surface area contributed by atoms with Crippen LogP contribution in [0.5, 0.6) is 0 Å². The second kappa shape index (κ2) is 11.8. The molecule has 1 amide bonds. The van der Waals surface area contributed by atoms with Gasteiger partial charge in [-0.15, -0.1) is 5.10 Å². The minimum absolute atomic E-state index is 0. The van der Waals surface area contributed by atoms with Crippen LogP contribution in [-0.2, 0) is 16.0 Å². The smallest absolute Gasteiger partial charge is 0.253 e. The molecule has 0 atom stereocenters. The van der Waals surface area contributed by atoms with Gasteiger partial charge in [0.2, 0.25) is 11.1 Å². The second-order valence-electron chi connectivity index (χ2n) is 9.07. The molecule has 1 aliphatic heterocycles. The number of thioether (sulfide) groups is 1. The van der Waals surface area contributed by atoms with E-state index in [-0.39, 0.29) is 35.6 Å². The Morgan fingerprint density at radius 2 is 1.85 bits per heavy atom. The van der Waals surface area contributed by atoms with Crippen LogP contribution in [0, 0.1) is 20.8 Å². The summed E-state index contributed by atoms with van der Waals surface area (Å²) in [5.74, 6) is 0.864. The largest absolute Gasteiger partial charge is 1.00 e. The number of ether oxygens (including phenoxy) is 1. The molecule has 3 heterocycles. The molecule has 0 radical (unpaired) electrons. The fourth-order valence-electron chi connectivity index (χ4n) is 4.07. The standard InChI is InChI=1S/C24H32N6O2S.HI/c1-17-5-7-20(8-6-17)15-21-18(2)26-23-27-24(28-29(23)19(21)3)33-16-22(31)25-9-10-30(4)11-13-32-14-12-30;/h5-8H,9-16H2,1-4H3;1H. The number of carbonyl (C=O) groups excluding carboxylic acids is 1. The molecule has 184 valence electrons. The Balaban J connectivity index is 0.00000324. The number of morpholine rings is 1. The van der Waals surface area contributed by atoms with Crippen molar-refractivity contribution in [1.29, 1.82) is 0 Å². The summed E-state index contributed by atoms with van der Waals surface area (Å²) in [6, 6.07) is 8.57. The fourth-order valence-corrected chi connectivity index (χ4v) is 4.72. The van der Waals surface area contributed by atoms with E-state index in [0.717, 1.165) is 60.7 Å². The van der Waals surface area contributed by atoms with Gasteiger partial charge in [-0.1, -0.05) is 41.6 Å². The van der Waals surface area contributed by atoms with Gasteiger partial charge in [0.1, 0.15) is 13.1 Å². The van der Waals surface area contributed by atoms with Crippen LogP contribution < -0.4 is 29.3 Å². The van der Waals surface area contributed by atoms with Gasteiger partial charge < -0.3 is 38.5 Å². The van der Waals surface area contributed by atoms with Crippen molar-refractivity contribution in [3.63, 3.8) is 0 Å². The maximum atomic E-state index is 12.3. The summed E-state index contributed by atoms with van der Waals surface area (Å²) in [6.45, 7) is 11.3. The van der Waals surface area contributed by atoms with Crippen LogP contribution >= 0.6 is 11.8 Å². The molecule has 1 aliphatic rings. The first-order chi connectivity index (χ1) is 15.8. The maximum Gasteiger partial charge on any atom is 0.253 e. The monoisotopic (exact) mass is 596 g/mol. The zero-order valence-electron chi connectivity index (χ0n) is 20.3. The number of likely N-dealkylation sites (N-methyl/N-ethyl adjacent to an activating group) is 1. The number of aromatic nitrogens is 4. The van der Waals surface area contributed by atoms with Crippen LogP contribution in [0.3, 0.4) is 0 Å². The van der Waals surface area contributed by atoms with E-state index >= 15 is 0 Å². The maximum absolute atomic E-state index is 12.3. The van der Waals surface area contributed by atoms with Crippen molar-refractivity contribution in [2.24, 2.45) is 0 Å². The summed E-state index contributed by atoms with van der Waals surface area (Å²) in [5, 5.41) is 8.21. The average molecular weight is 597 g/mol. The molecular formula is C24H33IN6O2S. The number of hydrogen-bond donors (Lipinski definition) is 1. The first-order valence-corrected chi connectivity index (χ1v) is 12.4. The van der Waals surface area contributed by atoms with E-state index in [0.29, 0.717) is 17.5 Å². The quantitative estimate of drug-likeness (QED) is 0.211. The minimum Gasteiger partial charge on any atom is -1.00 e. The van der Waals surface area contributed by atoms with Gasteiger partial charge in [0.15, 0.2) is 0 Å². The van der Waals surface area contributed by atoms with Crippen LogP contribution in [-0.4, -0.2) is 82.2 Å². The predicted octanol–water partition coefficient (Wildman–Crippen LogP) is -0.671. The van der Waals surface area contributed by atoms with Crippen molar-refractivity contribution in [3.8, 4) is 0 Å². The van der Waals surface area contributed by atoms with Gasteiger partial charge in [0.25, 0.3) is 5.78 Å². The fraction of sp³-hybridized carbons (Fsp3) is 0.500. The lowest BCUT2D eigenvalue weighted by Gasteiger charge is -2.37. The van der Waals surface area contributed by atoms with Gasteiger partial charge in [0, 0.05) is 17.8 Å². The highest BCUT2D eigenvalue weighted by Gasteiger charge is 2.24. The molecule has 0 aliphatic carbocycles. The van der Waals surface area contributed by atoms with Crippen LogP contribution in [0.25, 0.3) is 5.78 Å². The molecule has 10 heteroatoms. The average Bonchev–Trinajstić information content (AvgIpc) is 3.20. The van der Waals surface area contributed by atoms with Gasteiger partial charge >= 0.3 is 0 Å². The van der Waals surface area contributed by atoms with Crippen LogP contribution in [0.4, 0.5) is 0 Å². The Hall–Kier alpha value is -1.76. The third kappa shape index (κ3) is 6.67. The lowest BCUT2D eigenvalue weighted by atomic mass is 10.0. The van der Waals surface area contributed by atoms with Crippen molar-refractivity contribution in [3.05, 3.63) is 52.3 Å². The molecule has 2 aromatic heterocycles. The number of quaternary nitrogens is 1. The Bertz CT molecular complexity index is 1130. The molecule has 0 unspecified atom stereocenters. The number of halogens is 1. The third-order valence-electron chi connectivity index (χ3n) is 6.39. The van der Waals surface area contributed by atoms with Crippen LogP contribution in [0.2, 0.25) is 0 Å². The van der Waals surface area contributed by atoms with E-state index in [4.69, 9.17) is 4.74 Å². The van der Waals surface area contributed by atoms with Crippen molar-refractivity contribution in [2.75, 3.05) is 52.2 Å². The summed E-state index contributed by atoms with van der Waals surface area (Å²) in [4.78, 5) is 21.5.